The van der Waals surface area contributed by atoms with Crippen LogP contribution >= 0.6 is 31.9 Å². The summed E-state index contributed by atoms with van der Waals surface area (Å²) >= 11 is 5.09. The van der Waals surface area contributed by atoms with Crippen LogP contribution in [-0.4, -0.2) is 36.0 Å². The molecule has 1 heterocycles. The van der Waals surface area contributed by atoms with Crippen LogP contribution < -0.4 is 10.5 Å². The first-order valence-electron chi connectivity index (χ1n) is 10.4. The summed E-state index contributed by atoms with van der Waals surface area (Å²) in [7, 11) is 1.57. The van der Waals surface area contributed by atoms with Crippen LogP contribution in [0.4, 0.5) is 51.1 Å². The minimum absolute atomic E-state index is 0.134. The second kappa shape index (κ2) is 11.6. The average molecular weight is 707 g/mol. The van der Waals surface area contributed by atoms with Crippen LogP contribution in [0.2, 0.25) is 0 Å². The first-order valence-corrected chi connectivity index (χ1v) is 12.0. The summed E-state index contributed by atoms with van der Waals surface area (Å²) in [6.07, 6.45) is -18.4. The first-order chi connectivity index (χ1) is 17.7. The summed E-state index contributed by atoms with van der Waals surface area (Å²) < 4.78 is 132. The topological polar surface area (TPSA) is 73.7 Å². The van der Waals surface area contributed by atoms with Gasteiger partial charge in [-0.05, 0) is 49.9 Å². The first kappa shape index (κ1) is 32.9. The van der Waals surface area contributed by atoms with Gasteiger partial charge in [0.15, 0.2) is 5.69 Å². The fourth-order valence-electron chi connectivity index (χ4n) is 3.32. The van der Waals surface area contributed by atoms with Crippen LogP contribution in [0.1, 0.15) is 30.7 Å². The zero-order valence-electron chi connectivity index (χ0n) is 20.1. The Hall–Kier alpha value is -2.34. The van der Waals surface area contributed by atoms with Crippen molar-refractivity contribution in [1.29, 1.82) is 0 Å². The molecule has 0 radical (unpaired) electrons. The van der Waals surface area contributed by atoms with E-state index in [9.17, 15) is 49.1 Å². The Morgan fingerprint density at radius 2 is 1.54 bits per heavy atom. The molecule has 0 aliphatic carbocycles. The Morgan fingerprint density at radius 3 is 1.95 bits per heavy atom. The zero-order chi connectivity index (χ0) is 30.2. The molecule has 0 N–H and O–H groups in total. The highest BCUT2D eigenvalue weighted by Gasteiger charge is 2.44. The van der Waals surface area contributed by atoms with Crippen LogP contribution in [0.15, 0.2) is 25.9 Å². The molecule has 0 amide bonds. The van der Waals surface area contributed by atoms with Gasteiger partial charge in [-0.2, -0.15) is 39.5 Å². The predicted molar refractivity (Wildman–Crippen MR) is 125 cm³/mol. The van der Waals surface area contributed by atoms with Gasteiger partial charge in [0.25, 0.3) is 5.56 Å². The van der Waals surface area contributed by atoms with Crippen LogP contribution in [-0.2, 0) is 39.3 Å². The fourth-order valence-corrected chi connectivity index (χ4v) is 4.49. The van der Waals surface area contributed by atoms with Crippen molar-refractivity contribution in [3.05, 3.63) is 48.3 Å². The maximum atomic E-state index is 13.8. The van der Waals surface area contributed by atoms with Crippen molar-refractivity contribution in [1.82, 2.24) is 9.55 Å². The SMILES string of the molecule is COC(=O)C(OC)N(c1cc(C(F)(F)F)cc(C(F)(F)F)c1Br)c1nc(C(F)(F)F)c(Br)c(=O)n1CC(C)C. The molecule has 18 heteroatoms. The molecule has 0 saturated heterocycles. The number of methoxy groups -OCH3 is 2. The third-order valence-electron chi connectivity index (χ3n) is 4.93. The number of ether oxygens (including phenoxy) is 2. The van der Waals surface area contributed by atoms with E-state index in [2.05, 4.69) is 41.6 Å². The summed E-state index contributed by atoms with van der Waals surface area (Å²) in [6.45, 7) is 2.61. The number of carbonyl (C=O) groups is 1. The van der Waals surface area contributed by atoms with Gasteiger partial charge in [0.05, 0.1) is 28.4 Å². The summed E-state index contributed by atoms with van der Waals surface area (Å²) in [4.78, 5) is 29.2. The van der Waals surface area contributed by atoms with Gasteiger partial charge in [0, 0.05) is 13.7 Å². The van der Waals surface area contributed by atoms with E-state index in [0.29, 0.717) is 4.57 Å². The Balaban J connectivity index is 3.24. The molecule has 0 aliphatic heterocycles. The summed E-state index contributed by atoms with van der Waals surface area (Å²) in [6, 6.07) is -0.0987. The molecule has 0 aliphatic rings. The number of hydrogen-bond donors (Lipinski definition) is 0. The van der Waals surface area contributed by atoms with Gasteiger partial charge in [-0.3, -0.25) is 14.3 Å². The van der Waals surface area contributed by atoms with Crippen LogP contribution in [0.5, 0.6) is 0 Å². The molecule has 7 nitrogen and oxygen atoms in total. The minimum atomic E-state index is -5.41. The van der Waals surface area contributed by atoms with Crippen molar-refractivity contribution < 1.29 is 53.8 Å². The van der Waals surface area contributed by atoms with Gasteiger partial charge in [-0.1, -0.05) is 13.8 Å². The highest BCUT2D eigenvalue weighted by molar-refractivity contribution is 9.11. The number of carbonyl (C=O) groups excluding carboxylic acids is 1. The largest absolute Gasteiger partial charge is 0.466 e. The van der Waals surface area contributed by atoms with Crippen molar-refractivity contribution in [2.24, 2.45) is 5.92 Å². The smallest absolute Gasteiger partial charge is 0.434 e. The molecule has 2 aromatic rings. The van der Waals surface area contributed by atoms with Crippen molar-refractivity contribution in [2.75, 3.05) is 19.1 Å². The van der Waals surface area contributed by atoms with Crippen molar-refractivity contribution in [3.63, 3.8) is 0 Å². The van der Waals surface area contributed by atoms with Crippen LogP contribution in [0, 0.1) is 5.92 Å². The molecule has 1 aromatic carbocycles. The monoisotopic (exact) mass is 705 g/mol. The lowest BCUT2D eigenvalue weighted by atomic mass is 10.1. The molecule has 39 heavy (non-hydrogen) atoms. The summed E-state index contributed by atoms with van der Waals surface area (Å²) in [5, 5.41) is 0. The molecular weight excluding hydrogens is 689 g/mol. The highest BCUT2D eigenvalue weighted by atomic mass is 79.9. The number of benzene rings is 1. The average Bonchev–Trinajstić information content (AvgIpc) is 2.78. The number of rotatable bonds is 7. The second-order valence-electron chi connectivity index (χ2n) is 8.22. The number of anilines is 2. The van der Waals surface area contributed by atoms with Gasteiger partial charge < -0.3 is 9.47 Å². The molecule has 1 aromatic heterocycles. The third kappa shape index (κ3) is 7.06. The number of hydrogen-bond acceptors (Lipinski definition) is 6. The minimum Gasteiger partial charge on any atom is -0.466 e. The van der Waals surface area contributed by atoms with E-state index in [1.807, 2.05) is 0 Å². The lowest BCUT2D eigenvalue weighted by Crippen LogP contribution is -2.45. The Morgan fingerprint density at radius 1 is 0.974 bits per heavy atom. The number of halogens is 11. The highest BCUT2D eigenvalue weighted by Crippen LogP contribution is 2.46. The van der Waals surface area contributed by atoms with E-state index >= 15 is 0 Å². The molecule has 1 atom stereocenters. The van der Waals surface area contributed by atoms with E-state index < -0.39 is 86.2 Å². The molecule has 0 spiro atoms. The number of alkyl halides is 9. The van der Waals surface area contributed by atoms with Gasteiger partial charge in [0.2, 0.25) is 12.2 Å². The zero-order valence-corrected chi connectivity index (χ0v) is 23.3. The van der Waals surface area contributed by atoms with E-state index in [1.165, 1.54) is 13.8 Å². The number of nitrogens with zero attached hydrogens (tertiary/aromatic N) is 3. The number of esters is 1. The maximum Gasteiger partial charge on any atom is 0.434 e. The van der Waals surface area contributed by atoms with E-state index in [-0.39, 0.29) is 17.0 Å². The quantitative estimate of drug-likeness (QED) is 0.180. The van der Waals surface area contributed by atoms with Gasteiger partial charge in [0.1, 0.15) is 4.47 Å². The summed E-state index contributed by atoms with van der Waals surface area (Å²) in [5.74, 6) is -3.10. The van der Waals surface area contributed by atoms with Crippen molar-refractivity contribution in [3.8, 4) is 0 Å². The van der Waals surface area contributed by atoms with E-state index in [1.54, 1.807) is 0 Å². The van der Waals surface area contributed by atoms with Crippen LogP contribution in [0.25, 0.3) is 0 Å². The van der Waals surface area contributed by atoms with E-state index in [4.69, 9.17) is 4.74 Å². The van der Waals surface area contributed by atoms with Crippen molar-refractivity contribution in [2.45, 2.75) is 45.1 Å². The molecule has 218 valence electrons. The Bertz CT molecular complexity index is 1290. The van der Waals surface area contributed by atoms with Crippen molar-refractivity contribution >= 4 is 49.5 Å². The fraction of sp³-hybridized carbons (Fsp3) is 0.476. The lowest BCUT2D eigenvalue weighted by Gasteiger charge is -2.33. The van der Waals surface area contributed by atoms with Gasteiger partial charge in [-0.25, -0.2) is 9.78 Å². The van der Waals surface area contributed by atoms with Gasteiger partial charge in [-0.15, -0.1) is 0 Å². The third-order valence-corrected chi connectivity index (χ3v) is 6.48. The molecule has 0 bridgehead atoms. The standard InChI is InChI=1S/C21H18Br2F9N3O4/c1-8(2)7-34-15(36)13(23)14(21(30,31)32)33-18(34)35(16(38-3)17(37)39-4)11-6-9(19(24,25)26)5-10(12(11)22)20(27,28)29/h5-6,8,16H,7H2,1-4H3. The molecule has 0 fully saturated rings. The predicted octanol–water partition coefficient (Wildman–Crippen LogP) is 6.76. The molecular formula is C21H18Br2F9N3O4. The normalized spacial score (nSPS) is 13.5. The second-order valence-corrected chi connectivity index (χ2v) is 9.80. The van der Waals surface area contributed by atoms with E-state index in [0.717, 1.165) is 14.2 Å². The lowest BCUT2D eigenvalue weighted by molar-refractivity contribution is -0.151. The Kier molecular flexibility index (Phi) is 9.81. The van der Waals surface area contributed by atoms with Crippen LogP contribution in [0.3, 0.4) is 0 Å². The number of aromatic nitrogens is 2. The molecule has 0 saturated carbocycles. The molecule has 1 unspecified atom stereocenters. The molecule has 2 rings (SSSR count). The maximum absolute atomic E-state index is 13.8. The summed E-state index contributed by atoms with van der Waals surface area (Å²) in [5.41, 5.74) is -8.14. The van der Waals surface area contributed by atoms with Gasteiger partial charge >= 0.3 is 24.5 Å². The Labute approximate surface area is 231 Å².